The van der Waals surface area contributed by atoms with E-state index in [9.17, 15) is 42.5 Å². The van der Waals surface area contributed by atoms with Crippen molar-refractivity contribution in [2.24, 2.45) is 0 Å². The first-order valence-electron chi connectivity index (χ1n) is 13.5. The summed E-state index contributed by atoms with van der Waals surface area (Å²) in [5.74, 6) is -2.87. The number of β-lactam (4-membered cyclic amide) rings is 1. The van der Waals surface area contributed by atoms with Gasteiger partial charge in [-0.2, -0.15) is 13.2 Å². The Kier molecular flexibility index (Phi) is 11.9. The summed E-state index contributed by atoms with van der Waals surface area (Å²) in [6.45, 7) is 6.15. The van der Waals surface area contributed by atoms with Gasteiger partial charge in [0.2, 0.25) is 5.91 Å². The van der Waals surface area contributed by atoms with Gasteiger partial charge >= 0.3 is 18.1 Å². The quantitative estimate of drug-likeness (QED) is 0.0980. The van der Waals surface area contributed by atoms with Crippen molar-refractivity contribution >= 4 is 41.2 Å². The second kappa shape index (κ2) is 15.4. The third-order valence-electron chi connectivity index (χ3n) is 6.32. The smallest absolute Gasteiger partial charge is 0.416 e. The van der Waals surface area contributed by atoms with Crippen molar-refractivity contribution in [3.63, 3.8) is 0 Å². The summed E-state index contributed by atoms with van der Waals surface area (Å²) in [4.78, 5) is 62.4. The molecule has 1 heterocycles. The molecule has 2 aromatic rings. The van der Waals surface area contributed by atoms with Gasteiger partial charge in [-0.1, -0.05) is 12.6 Å². The Bertz CT molecular complexity index is 1440. The molecule has 1 aliphatic rings. The number of likely N-dealkylation sites (tertiary alicyclic amines) is 1. The molecule has 3 atom stereocenters. The fourth-order valence-electron chi connectivity index (χ4n) is 4.19. The molecule has 0 aliphatic carbocycles. The number of esters is 2. The average molecular weight is 654 g/mol. The Morgan fingerprint density at radius 3 is 2.44 bits per heavy atom. The van der Waals surface area contributed by atoms with E-state index in [0.717, 1.165) is 34.9 Å². The average Bonchev–Trinajstić information content (AvgIpc) is 2.99. The van der Waals surface area contributed by atoms with E-state index in [-0.39, 0.29) is 42.4 Å². The van der Waals surface area contributed by atoms with E-state index in [1.807, 2.05) is 0 Å². The third kappa shape index (κ3) is 9.44. The molecular formula is C29H30F3N3O9S. The number of nitro benzene ring substituents is 1. The highest BCUT2D eigenvalue weighted by Gasteiger charge is 2.53. The molecule has 1 saturated heterocycles. The molecule has 16 heteroatoms. The van der Waals surface area contributed by atoms with Crippen LogP contribution >= 0.6 is 11.8 Å². The minimum Gasteiger partial charge on any atom is -0.484 e. The number of nitrogens with zero attached hydrogens (tertiary/aromatic N) is 2. The van der Waals surface area contributed by atoms with E-state index >= 15 is 0 Å². The Hall–Kier alpha value is -4.60. The summed E-state index contributed by atoms with van der Waals surface area (Å²) in [5.41, 5.74) is -0.414. The van der Waals surface area contributed by atoms with E-state index in [2.05, 4.69) is 11.9 Å². The number of amides is 2. The molecule has 12 nitrogen and oxygen atoms in total. The van der Waals surface area contributed by atoms with E-state index in [1.165, 1.54) is 37.3 Å². The molecule has 242 valence electrons. The maximum Gasteiger partial charge on any atom is 0.416 e. The topological polar surface area (TPSA) is 154 Å². The first-order valence-corrected chi connectivity index (χ1v) is 14.5. The van der Waals surface area contributed by atoms with Crippen molar-refractivity contribution in [2.75, 3.05) is 19.0 Å². The summed E-state index contributed by atoms with van der Waals surface area (Å²) >= 11 is 1.09. The van der Waals surface area contributed by atoms with Gasteiger partial charge in [0.15, 0.2) is 12.6 Å². The number of halogens is 3. The number of nitro groups is 1. The highest BCUT2D eigenvalue weighted by Crippen LogP contribution is 2.35. The molecule has 3 rings (SSSR count). The van der Waals surface area contributed by atoms with E-state index < -0.39 is 64.5 Å². The number of rotatable bonds is 15. The zero-order valence-electron chi connectivity index (χ0n) is 24.2. The summed E-state index contributed by atoms with van der Waals surface area (Å²) in [6.07, 6.45) is -4.64. The van der Waals surface area contributed by atoms with Crippen molar-refractivity contribution in [1.29, 1.82) is 0 Å². The second-order valence-electron chi connectivity index (χ2n) is 9.70. The lowest BCUT2D eigenvalue weighted by Gasteiger charge is -2.49. The molecule has 1 fully saturated rings. The second-order valence-corrected chi connectivity index (χ2v) is 10.9. The number of non-ortho nitro benzene ring substituents is 1. The summed E-state index contributed by atoms with van der Waals surface area (Å²) in [7, 11) is 0. The van der Waals surface area contributed by atoms with E-state index in [4.69, 9.17) is 14.2 Å². The van der Waals surface area contributed by atoms with Crippen LogP contribution in [0.3, 0.4) is 0 Å². The molecule has 2 aromatic carbocycles. The molecule has 1 aliphatic heterocycles. The lowest BCUT2D eigenvalue weighted by Crippen LogP contribution is -2.73. The Labute approximate surface area is 260 Å². The fourth-order valence-corrected chi connectivity index (χ4v) is 5.48. The first-order chi connectivity index (χ1) is 21.2. The standard InChI is InChI=1S/C29H30F3N3O9S/c1-4-42-23(37)12-13-45-27-24(33-22(36)16-43-21-7-5-6-19(14-21)29(30,31)32)26(38)34(27)25(17(2)3)28(39)44-15-18-8-10-20(11-9-18)35(40)41/h5-11,14,24-25,27H,2,4,12-13,15-16H2,1,3H3,(H,33,36). The monoisotopic (exact) mass is 653 g/mol. The lowest BCUT2D eigenvalue weighted by molar-refractivity contribution is -0.384. The Morgan fingerprint density at radius 2 is 1.84 bits per heavy atom. The number of nitrogens with one attached hydrogen (secondary N) is 1. The van der Waals surface area contributed by atoms with Gasteiger partial charge in [0.1, 0.15) is 23.8 Å². The van der Waals surface area contributed by atoms with E-state index in [1.54, 1.807) is 6.92 Å². The molecule has 2 amide bonds. The van der Waals surface area contributed by atoms with Crippen LogP contribution in [-0.2, 0) is 41.4 Å². The number of benzene rings is 2. The van der Waals surface area contributed by atoms with Crippen LogP contribution in [0.1, 0.15) is 31.4 Å². The van der Waals surface area contributed by atoms with Crippen LogP contribution in [0.25, 0.3) is 0 Å². The number of alkyl halides is 3. The molecule has 0 bridgehead atoms. The van der Waals surface area contributed by atoms with Gasteiger partial charge in [-0.15, -0.1) is 11.8 Å². The number of thioether (sulfide) groups is 1. The van der Waals surface area contributed by atoms with Crippen LogP contribution in [0, 0.1) is 10.1 Å². The molecule has 1 N–H and O–H groups in total. The normalized spacial score (nSPS) is 16.6. The van der Waals surface area contributed by atoms with Gasteiger partial charge in [-0.3, -0.25) is 24.5 Å². The van der Waals surface area contributed by atoms with E-state index in [0.29, 0.717) is 5.56 Å². The summed E-state index contributed by atoms with van der Waals surface area (Å²) < 4.78 is 54.5. The Morgan fingerprint density at radius 1 is 1.16 bits per heavy atom. The lowest BCUT2D eigenvalue weighted by atomic mass is 9.99. The number of hydrogen-bond acceptors (Lipinski definition) is 10. The van der Waals surface area contributed by atoms with Crippen molar-refractivity contribution in [3.05, 3.63) is 81.9 Å². The van der Waals surface area contributed by atoms with Gasteiger partial charge in [0, 0.05) is 17.9 Å². The first kappa shape index (κ1) is 34.9. The molecule has 0 radical (unpaired) electrons. The predicted octanol–water partition coefficient (Wildman–Crippen LogP) is 4.02. The van der Waals surface area contributed by atoms with Crippen LogP contribution in [0.2, 0.25) is 0 Å². The number of carbonyl (C=O) groups excluding carboxylic acids is 4. The van der Waals surface area contributed by atoms with Crippen LogP contribution in [0.15, 0.2) is 60.7 Å². The SMILES string of the molecule is C=C(C)C(C(=O)OCc1ccc([N+](=O)[O-])cc1)N1C(=O)C(NC(=O)COc2cccc(C(F)(F)F)c2)C1SCCC(=O)OCC. The van der Waals surface area contributed by atoms with Gasteiger partial charge in [0.25, 0.3) is 11.6 Å². The zero-order valence-corrected chi connectivity index (χ0v) is 25.0. The summed E-state index contributed by atoms with van der Waals surface area (Å²) in [5, 5.41) is 12.5. The minimum absolute atomic E-state index is 0.0291. The fraction of sp³-hybridized carbons (Fsp3) is 0.379. The van der Waals surface area contributed by atoms with Crippen molar-refractivity contribution in [3.8, 4) is 5.75 Å². The zero-order chi connectivity index (χ0) is 33.3. The highest BCUT2D eigenvalue weighted by molar-refractivity contribution is 8.00. The Balaban J connectivity index is 1.70. The minimum atomic E-state index is -4.61. The van der Waals surface area contributed by atoms with Crippen molar-refractivity contribution < 1.29 is 51.5 Å². The van der Waals surface area contributed by atoms with Crippen LogP contribution in [-0.4, -0.2) is 70.0 Å². The molecule has 45 heavy (non-hydrogen) atoms. The van der Waals surface area contributed by atoms with Gasteiger partial charge in [0.05, 0.1) is 23.5 Å². The largest absolute Gasteiger partial charge is 0.484 e. The van der Waals surface area contributed by atoms with Gasteiger partial charge in [-0.05, 0) is 55.3 Å². The molecule has 0 saturated carbocycles. The van der Waals surface area contributed by atoms with Crippen LogP contribution in [0.4, 0.5) is 18.9 Å². The predicted molar refractivity (Wildman–Crippen MR) is 155 cm³/mol. The molecular weight excluding hydrogens is 623 g/mol. The van der Waals surface area contributed by atoms with Crippen molar-refractivity contribution in [2.45, 2.75) is 50.5 Å². The number of carbonyl (C=O) groups is 4. The molecule has 0 aromatic heterocycles. The highest BCUT2D eigenvalue weighted by atomic mass is 32.2. The van der Waals surface area contributed by atoms with Gasteiger partial charge in [-0.25, -0.2) is 4.79 Å². The number of ether oxygens (including phenoxy) is 3. The van der Waals surface area contributed by atoms with Gasteiger partial charge < -0.3 is 24.4 Å². The molecule has 0 spiro atoms. The summed E-state index contributed by atoms with van der Waals surface area (Å²) in [6, 6.07) is 6.83. The van der Waals surface area contributed by atoms with Crippen LogP contribution < -0.4 is 10.1 Å². The molecule has 3 unspecified atom stereocenters. The number of hydrogen-bond donors (Lipinski definition) is 1. The van der Waals surface area contributed by atoms with Crippen molar-refractivity contribution in [1.82, 2.24) is 10.2 Å². The third-order valence-corrected chi connectivity index (χ3v) is 7.60. The van der Waals surface area contributed by atoms with Crippen LogP contribution in [0.5, 0.6) is 5.75 Å². The maximum atomic E-state index is 13.3. The maximum absolute atomic E-state index is 13.3.